The molecule has 0 unspecified atom stereocenters. The van der Waals surface area contributed by atoms with Crippen molar-refractivity contribution in [3.8, 4) is 0 Å². The Morgan fingerprint density at radius 1 is 1.38 bits per heavy atom. The summed E-state index contributed by atoms with van der Waals surface area (Å²) in [6.45, 7) is 0.316. The molecule has 2 aromatic rings. The fourth-order valence-corrected chi connectivity index (χ4v) is 2.05. The highest BCUT2D eigenvalue weighted by Gasteiger charge is 2.27. The largest absolute Gasteiger partial charge is 0.324 e. The van der Waals surface area contributed by atoms with Crippen molar-refractivity contribution >= 4 is 10.9 Å². The molecule has 0 amide bonds. The van der Waals surface area contributed by atoms with Crippen LogP contribution in [0.2, 0.25) is 0 Å². The third-order valence-electron chi connectivity index (χ3n) is 2.98. The van der Waals surface area contributed by atoms with E-state index in [2.05, 4.69) is 4.98 Å². The van der Waals surface area contributed by atoms with Crippen LogP contribution >= 0.6 is 0 Å². The fourth-order valence-electron chi connectivity index (χ4n) is 2.05. The van der Waals surface area contributed by atoms with E-state index >= 15 is 0 Å². The standard InChI is InChI=1S/C12H13N3O/c13-7-11-14-10-4-2-1-3-9(10)12(16)15(11)8-5-6-8/h1-4,8H,5-7,13H2. The number of fused-ring (bicyclic) bond motifs is 1. The van der Waals surface area contributed by atoms with Gasteiger partial charge in [0.15, 0.2) is 0 Å². The molecule has 3 rings (SSSR count). The van der Waals surface area contributed by atoms with Gasteiger partial charge in [-0.05, 0) is 25.0 Å². The Balaban J connectivity index is 2.38. The number of hydrogen-bond donors (Lipinski definition) is 1. The van der Waals surface area contributed by atoms with Crippen LogP contribution in [0.25, 0.3) is 10.9 Å². The van der Waals surface area contributed by atoms with Gasteiger partial charge in [-0.3, -0.25) is 9.36 Å². The fraction of sp³-hybridized carbons (Fsp3) is 0.333. The van der Waals surface area contributed by atoms with E-state index in [-0.39, 0.29) is 5.56 Å². The maximum absolute atomic E-state index is 12.3. The summed E-state index contributed by atoms with van der Waals surface area (Å²) in [5.74, 6) is 0.700. The molecule has 1 saturated carbocycles. The van der Waals surface area contributed by atoms with Gasteiger partial charge >= 0.3 is 0 Å². The van der Waals surface area contributed by atoms with Crippen LogP contribution in [0.5, 0.6) is 0 Å². The first-order valence-corrected chi connectivity index (χ1v) is 5.51. The van der Waals surface area contributed by atoms with Crippen LogP contribution in [0.1, 0.15) is 24.7 Å². The first kappa shape index (κ1) is 9.54. The summed E-state index contributed by atoms with van der Waals surface area (Å²) in [5.41, 5.74) is 6.44. The number of nitrogens with two attached hydrogens (primary N) is 1. The SMILES string of the molecule is NCc1nc2ccccc2c(=O)n1C1CC1. The highest BCUT2D eigenvalue weighted by Crippen LogP contribution is 2.34. The average molecular weight is 215 g/mol. The maximum Gasteiger partial charge on any atom is 0.261 e. The lowest BCUT2D eigenvalue weighted by Gasteiger charge is -2.10. The number of hydrogen-bond acceptors (Lipinski definition) is 3. The monoisotopic (exact) mass is 215 g/mol. The summed E-state index contributed by atoms with van der Waals surface area (Å²) in [7, 11) is 0. The maximum atomic E-state index is 12.3. The second-order valence-corrected chi connectivity index (χ2v) is 4.16. The van der Waals surface area contributed by atoms with Gasteiger partial charge in [0.05, 0.1) is 17.4 Å². The third kappa shape index (κ3) is 1.34. The lowest BCUT2D eigenvalue weighted by atomic mass is 10.2. The van der Waals surface area contributed by atoms with Crippen LogP contribution in [0, 0.1) is 0 Å². The molecule has 4 nitrogen and oxygen atoms in total. The molecule has 0 radical (unpaired) electrons. The summed E-state index contributed by atoms with van der Waals surface area (Å²) in [4.78, 5) is 16.7. The van der Waals surface area contributed by atoms with Crippen molar-refractivity contribution in [2.24, 2.45) is 5.73 Å². The number of para-hydroxylation sites is 1. The Labute approximate surface area is 92.7 Å². The molecule has 16 heavy (non-hydrogen) atoms. The predicted molar refractivity (Wildman–Crippen MR) is 62.2 cm³/mol. The van der Waals surface area contributed by atoms with Gasteiger partial charge in [-0.15, -0.1) is 0 Å². The van der Waals surface area contributed by atoms with Gasteiger partial charge in [0, 0.05) is 6.04 Å². The van der Waals surface area contributed by atoms with E-state index in [1.54, 1.807) is 4.57 Å². The van der Waals surface area contributed by atoms with E-state index in [1.165, 1.54) is 0 Å². The Morgan fingerprint density at radius 3 is 2.81 bits per heavy atom. The zero-order chi connectivity index (χ0) is 11.1. The van der Waals surface area contributed by atoms with Gasteiger partial charge < -0.3 is 5.73 Å². The molecule has 1 heterocycles. The lowest BCUT2D eigenvalue weighted by molar-refractivity contribution is 0.641. The number of aromatic nitrogens is 2. The van der Waals surface area contributed by atoms with Crippen molar-refractivity contribution in [2.75, 3.05) is 0 Å². The molecule has 1 fully saturated rings. The van der Waals surface area contributed by atoms with Crippen LogP contribution in [-0.2, 0) is 6.54 Å². The van der Waals surface area contributed by atoms with Crippen molar-refractivity contribution in [3.63, 3.8) is 0 Å². The lowest BCUT2D eigenvalue weighted by Crippen LogP contribution is -2.26. The van der Waals surface area contributed by atoms with Crippen LogP contribution in [-0.4, -0.2) is 9.55 Å². The molecular formula is C12H13N3O. The summed E-state index contributed by atoms with van der Waals surface area (Å²) in [5, 5.41) is 0.687. The minimum atomic E-state index is 0.0496. The molecule has 1 aliphatic carbocycles. The summed E-state index contributed by atoms with van der Waals surface area (Å²) < 4.78 is 1.77. The minimum Gasteiger partial charge on any atom is -0.324 e. The molecule has 0 atom stereocenters. The normalized spacial score (nSPS) is 15.6. The first-order valence-electron chi connectivity index (χ1n) is 5.51. The Bertz CT molecular complexity index is 599. The summed E-state index contributed by atoms with van der Waals surface area (Å²) in [6, 6.07) is 7.75. The number of rotatable bonds is 2. The number of benzene rings is 1. The van der Waals surface area contributed by atoms with Gasteiger partial charge in [0.25, 0.3) is 5.56 Å². The van der Waals surface area contributed by atoms with Crippen molar-refractivity contribution in [3.05, 3.63) is 40.4 Å². The molecule has 1 aromatic carbocycles. The van der Waals surface area contributed by atoms with Crippen LogP contribution in [0.4, 0.5) is 0 Å². The molecule has 4 heteroatoms. The van der Waals surface area contributed by atoms with Gasteiger partial charge in [-0.2, -0.15) is 0 Å². The highest BCUT2D eigenvalue weighted by molar-refractivity contribution is 5.77. The van der Waals surface area contributed by atoms with Crippen molar-refractivity contribution in [1.82, 2.24) is 9.55 Å². The van der Waals surface area contributed by atoms with Gasteiger partial charge in [-0.1, -0.05) is 12.1 Å². The molecule has 0 bridgehead atoms. The minimum absolute atomic E-state index is 0.0496. The van der Waals surface area contributed by atoms with Crippen LogP contribution in [0.15, 0.2) is 29.1 Å². The van der Waals surface area contributed by atoms with E-state index in [0.29, 0.717) is 23.8 Å². The highest BCUT2D eigenvalue weighted by atomic mass is 16.1. The Morgan fingerprint density at radius 2 is 2.12 bits per heavy atom. The smallest absolute Gasteiger partial charge is 0.261 e. The van der Waals surface area contributed by atoms with E-state index in [0.717, 1.165) is 18.4 Å². The molecule has 2 N–H and O–H groups in total. The van der Waals surface area contributed by atoms with Gasteiger partial charge in [0.1, 0.15) is 5.82 Å². The Hall–Kier alpha value is -1.68. The van der Waals surface area contributed by atoms with E-state index < -0.39 is 0 Å². The molecular weight excluding hydrogens is 202 g/mol. The summed E-state index contributed by atoms with van der Waals surface area (Å²) in [6.07, 6.45) is 2.12. The molecule has 82 valence electrons. The zero-order valence-electron chi connectivity index (χ0n) is 8.89. The Kier molecular flexibility index (Phi) is 2.04. The van der Waals surface area contributed by atoms with Crippen molar-refractivity contribution in [1.29, 1.82) is 0 Å². The zero-order valence-corrected chi connectivity index (χ0v) is 8.89. The second kappa shape index (κ2) is 3.42. The molecule has 0 saturated heterocycles. The topological polar surface area (TPSA) is 60.9 Å². The van der Waals surface area contributed by atoms with Gasteiger partial charge in [0.2, 0.25) is 0 Å². The van der Waals surface area contributed by atoms with E-state index in [4.69, 9.17) is 5.73 Å². The van der Waals surface area contributed by atoms with E-state index in [9.17, 15) is 4.79 Å². The predicted octanol–water partition coefficient (Wildman–Crippen LogP) is 1.19. The molecule has 0 aliphatic heterocycles. The molecule has 1 aromatic heterocycles. The third-order valence-corrected chi connectivity index (χ3v) is 2.98. The van der Waals surface area contributed by atoms with Gasteiger partial charge in [-0.25, -0.2) is 4.98 Å². The van der Waals surface area contributed by atoms with Crippen LogP contribution in [0.3, 0.4) is 0 Å². The molecule has 0 spiro atoms. The van der Waals surface area contributed by atoms with Crippen LogP contribution < -0.4 is 11.3 Å². The van der Waals surface area contributed by atoms with E-state index in [1.807, 2.05) is 24.3 Å². The summed E-state index contributed by atoms with van der Waals surface area (Å²) >= 11 is 0. The van der Waals surface area contributed by atoms with Crippen molar-refractivity contribution in [2.45, 2.75) is 25.4 Å². The quantitative estimate of drug-likeness (QED) is 0.818. The number of nitrogens with zero attached hydrogens (tertiary/aromatic N) is 2. The first-order chi connectivity index (χ1) is 7.81. The second-order valence-electron chi connectivity index (χ2n) is 4.16. The average Bonchev–Trinajstić information content (AvgIpc) is 3.13. The van der Waals surface area contributed by atoms with Crippen molar-refractivity contribution < 1.29 is 0 Å². The molecule has 1 aliphatic rings.